The second-order valence-corrected chi connectivity index (χ2v) is 12.2. The average molecular weight is 528 g/mol. The number of ether oxygens (including phenoxy) is 1. The van der Waals surface area contributed by atoms with Crippen molar-refractivity contribution in [3.63, 3.8) is 0 Å². The molecule has 35 heavy (non-hydrogen) atoms. The Kier molecular flexibility index (Phi) is 8.33. The highest BCUT2D eigenvalue weighted by Crippen LogP contribution is 2.43. The number of hydrogen-bond acceptors (Lipinski definition) is 8. The fourth-order valence-electron chi connectivity index (χ4n) is 3.66. The van der Waals surface area contributed by atoms with Crippen LogP contribution in [0.25, 0.3) is 31.9 Å². The molecule has 4 aromatic rings. The first-order valence-corrected chi connectivity index (χ1v) is 14.4. The number of nitrogen functional groups attached to an aromatic ring is 1. The number of pyridine rings is 1. The maximum absolute atomic E-state index is 13.0. The van der Waals surface area contributed by atoms with Gasteiger partial charge in [-0.25, -0.2) is 4.98 Å². The van der Waals surface area contributed by atoms with Crippen molar-refractivity contribution in [3.05, 3.63) is 53.4 Å². The number of unbranched alkanes of at least 4 members (excludes halogenated alkanes) is 1. The van der Waals surface area contributed by atoms with Crippen molar-refractivity contribution in [3.8, 4) is 21.7 Å². The van der Waals surface area contributed by atoms with E-state index >= 15 is 0 Å². The van der Waals surface area contributed by atoms with Gasteiger partial charge in [0.05, 0.1) is 33.6 Å². The van der Waals surface area contributed by atoms with Crippen LogP contribution in [0.3, 0.4) is 0 Å². The fourth-order valence-corrected chi connectivity index (χ4v) is 7.15. The van der Waals surface area contributed by atoms with E-state index in [1.54, 1.807) is 16.2 Å². The largest absolute Gasteiger partial charge is 0.460 e. The number of esters is 1. The van der Waals surface area contributed by atoms with Crippen molar-refractivity contribution in [1.82, 2.24) is 9.88 Å². The van der Waals surface area contributed by atoms with E-state index in [2.05, 4.69) is 13.0 Å². The summed E-state index contributed by atoms with van der Waals surface area (Å²) in [5.41, 5.74) is 10.9. The molecule has 0 fully saturated rings. The van der Waals surface area contributed by atoms with Crippen molar-refractivity contribution < 1.29 is 13.7 Å². The average Bonchev–Trinajstić information content (AvgIpc) is 3.49. The maximum Gasteiger partial charge on any atom is 0.320 e. The highest BCUT2D eigenvalue weighted by atomic mass is 32.2. The van der Waals surface area contributed by atoms with Crippen LogP contribution in [-0.4, -0.2) is 46.5 Å². The summed E-state index contributed by atoms with van der Waals surface area (Å²) in [7, 11) is 2.51. The normalized spacial score (nSPS) is 12.3. The summed E-state index contributed by atoms with van der Waals surface area (Å²) in [6, 6.07) is 14.0. The van der Waals surface area contributed by atoms with E-state index in [0.29, 0.717) is 15.6 Å². The SMILES string of the molecule is CCCCS(=O)c1sc2nc(-c3cccs3)cc(-c3ccc(COC(=O)CN(C)C)cc3)c2c1N. The van der Waals surface area contributed by atoms with Crippen LogP contribution >= 0.6 is 22.7 Å². The van der Waals surface area contributed by atoms with Gasteiger partial charge < -0.3 is 10.5 Å². The van der Waals surface area contributed by atoms with Crippen LogP contribution in [0.5, 0.6) is 0 Å². The number of carbonyl (C=O) groups excluding carboxylic acids is 1. The minimum absolute atomic E-state index is 0.223. The predicted octanol–water partition coefficient (Wildman–Crippen LogP) is 5.79. The van der Waals surface area contributed by atoms with Crippen LogP contribution in [0.1, 0.15) is 25.3 Å². The van der Waals surface area contributed by atoms with Crippen molar-refractivity contribution in [2.45, 2.75) is 30.6 Å². The molecule has 0 saturated heterocycles. The van der Waals surface area contributed by atoms with Gasteiger partial charge in [0.1, 0.15) is 15.6 Å². The molecule has 3 aromatic heterocycles. The Morgan fingerprint density at radius 2 is 1.97 bits per heavy atom. The number of nitrogens with zero attached hydrogens (tertiary/aromatic N) is 2. The molecule has 4 rings (SSSR count). The molecule has 6 nitrogen and oxygen atoms in total. The van der Waals surface area contributed by atoms with E-state index in [-0.39, 0.29) is 19.1 Å². The number of thiophene rings is 2. The molecule has 0 aliphatic carbocycles. The molecule has 0 aliphatic heterocycles. The number of rotatable bonds is 10. The van der Waals surface area contributed by atoms with E-state index in [9.17, 15) is 9.00 Å². The molecule has 0 radical (unpaired) electrons. The van der Waals surface area contributed by atoms with Crippen LogP contribution in [0.15, 0.2) is 52.1 Å². The smallest absolute Gasteiger partial charge is 0.320 e. The zero-order valence-electron chi connectivity index (χ0n) is 20.1. The molecule has 3 heterocycles. The first-order valence-electron chi connectivity index (χ1n) is 11.4. The summed E-state index contributed by atoms with van der Waals surface area (Å²) >= 11 is 3.06. The molecule has 1 aromatic carbocycles. The maximum atomic E-state index is 13.0. The first-order chi connectivity index (χ1) is 16.9. The summed E-state index contributed by atoms with van der Waals surface area (Å²) < 4.78 is 19.0. The van der Waals surface area contributed by atoms with Gasteiger partial charge in [-0.05, 0) is 54.7 Å². The third-order valence-electron chi connectivity index (χ3n) is 5.44. The molecule has 1 atom stereocenters. The zero-order chi connectivity index (χ0) is 24.9. The van der Waals surface area contributed by atoms with Gasteiger partial charge in [-0.2, -0.15) is 0 Å². The summed E-state index contributed by atoms with van der Waals surface area (Å²) in [5, 5.41) is 2.88. The minimum atomic E-state index is -1.15. The molecule has 0 bridgehead atoms. The lowest BCUT2D eigenvalue weighted by molar-refractivity contribution is -0.145. The Bertz CT molecular complexity index is 1330. The van der Waals surface area contributed by atoms with Crippen molar-refractivity contribution >= 4 is 55.3 Å². The highest BCUT2D eigenvalue weighted by molar-refractivity contribution is 7.87. The first kappa shape index (κ1) is 25.5. The number of fused-ring (bicyclic) bond motifs is 1. The third-order valence-corrected chi connectivity index (χ3v) is 9.33. The number of nitrogens with two attached hydrogens (primary N) is 1. The summed E-state index contributed by atoms with van der Waals surface area (Å²) in [6.07, 6.45) is 1.88. The van der Waals surface area contributed by atoms with Gasteiger partial charge in [-0.15, -0.1) is 22.7 Å². The lowest BCUT2D eigenvalue weighted by Gasteiger charge is -2.11. The number of hydrogen-bond donors (Lipinski definition) is 1. The lowest BCUT2D eigenvalue weighted by Crippen LogP contribution is -2.23. The van der Waals surface area contributed by atoms with Gasteiger partial charge >= 0.3 is 5.97 Å². The van der Waals surface area contributed by atoms with E-state index < -0.39 is 10.8 Å². The lowest BCUT2D eigenvalue weighted by atomic mass is 10.0. The zero-order valence-corrected chi connectivity index (χ0v) is 22.5. The quantitative estimate of drug-likeness (QED) is 0.263. The van der Waals surface area contributed by atoms with Crippen molar-refractivity contribution in [2.24, 2.45) is 0 Å². The number of aromatic nitrogens is 1. The van der Waals surface area contributed by atoms with Crippen LogP contribution in [0, 0.1) is 0 Å². The molecule has 0 amide bonds. The van der Waals surface area contributed by atoms with Gasteiger partial charge in [0.2, 0.25) is 0 Å². The molecule has 0 saturated carbocycles. The molecule has 0 aliphatic rings. The molecular formula is C26H29N3O3S3. The molecule has 9 heteroatoms. The molecule has 2 N–H and O–H groups in total. The minimum Gasteiger partial charge on any atom is -0.460 e. The molecule has 0 spiro atoms. The van der Waals surface area contributed by atoms with E-state index in [1.165, 1.54) is 11.3 Å². The van der Waals surface area contributed by atoms with Crippen LogP contribution in [0.4, 0.5) is 5.69 Å². The Morgan fingerprint density at radius 3 is 2.63 bits per heavy atom. The standard InChI is InChI=1S/C26H29N3O3S3/c1-4-5-13-35(31)26-24(27)23-19(14-20(28-25(23)34-26)21-7-6-12-33-21)18-10-8-17(9-11-18)16-32-22(30)15-29(2)3/h6-12,14H,4-5,13,15-16,27H2,1-3H3. The number of likely N-dealkylation sites (N-methyl/N-ethyl adjacent to an activating group) is 1. The second-order valence-electron chi connectivity index (χ2n) is 8.51. The van der Waals surface area contributed by atoms with Crippen LogP contribution < -0.4 is 5.73 Å². The summed E-state index contributed by atoms with van der Waals surface area (Å²) in [5.74, 6) is 0.340. The van der Waals surface area contributed by atoms with Gasteiger partial charge in [0.25, 0.3) is 0 Å². The van der Waals surface area contributed by atoms with Gasteiger partial charge in [0.15, 0.2) is 0 Å². The number of benzene rings is 1. The highest BCUT2D eigenvalue weighted by Gasteiger charge is 2.21. The summed E-state index contributed by atoms with van der Waals surface area (Å²) in [4.78, 5) is 20.4. The monoisotopic (exact) mass is 527 g/mol. The van der Waals surface area contributed by atoms with Crippen LogP contribution in [0.2, 0.25) is 0 Å². The Balaban J connectivity index is 1.71. The topological polar surface area (TPSA) is 85.5 Å². The van der Waals surface area contributed by atoms with E-state index in [1.807, 2.05) is 55.9 Å². The van der Waals surface area contributed by atoms with Crippen molar-refractivity contribution in [2.75, 3.05) is 32.1 Å². The fraction of sp³-hybridized carbons (Fsp3) is 0.308. The van der Waals surface area contributed by atoms with Crippen molar-refractivity contribution in [1.29, 1.82) is 0 Å². The Hall–Kier alpha value is -2.59. The summed E-state index contributed by atoms with van der Waals surface area (Å²) in [6.45, 7) is 2.56. The molecular weight excluding hydrogens is 499 g/mol. The second kappa shape index (κ2) is 11.4. The van der Waals surface area contributed by atoms with Gasteiger partial charge in [-0.3, -0.25) is 13.9 Å². The predicted molar refractivity (Wildman–Crippen MR) is 147 cm³/mol. The van der Waals surface area contributed by atoms with Gasteiger partial charge in [-0.1, -0.05) is 43.7 Å². The van der Waals surface area contributed by atoms with Gasteiger partial charge in [0, 0.05) is 11.1 Å². The van der Waals surface area contributed by atoms with E-state index in [0.717, 1.165) is 50.3 Å². The number of carbonyl (C=O) groups is 1. The Morgan fingerprint density at radius 1 is 1.20 bits per heavy atom. The third kappa shape index (κ3) is 5.98. The van der Waals surface area contributed by atoms with E-state index in [4.69, 9.17) is 15.5 Å². The Labute approximate surface area is 216 Å². The molecule has 1 unspecified atom stereocenters. The van der Waals surface area contributed by atoms with Crippen LogP contribution in [-0.2, 0) is 26.9 Å². The number of anilines is 1. The molecule has 184 valence electrons.